The van der Waals surface area contributed by atoms with Crippen molar-refractivity contribution in [3.63, 3.8) is 0 Å². The Morgan fingerprint density at radius 1 is 1.50 bits per heavy atom. The van der Waals surface area contributed by atoms with E-state index in [1.165, 1.54) is 0 Å². The average molecular weight is 199 g/mol. The monoisotopic (exact) mass is 199 g/mol. The second kappa shape index (κ2) is 4.44. The highest BCUT2D eigenvalue weighted by atomic mass is 16.4. The number of carbonyl (C=O) groups excluding carboxylic acids is 1. The van der Waals surface area contributed by atoms with E-state index in [1.54, 1.807) is 4.90 Å². The standard InChI is InChI=1S/C10H17NO3/c1-3-9(12)11-5-4-8(10(13)14)6-7(11)2/h7-8H,3-6H2,1-2H3,(H,13,14). The van der Waals surface area contributed by atoms with Gasteiger partial charge in [0, 0.05) is 19.0 Å². The van der Waals surface area contributed by atoms with Gasteiger partial charge in [0.2, 0.25) is 5.91 Å². The maximum Gasteiger partial charge on any atom is 0.306 e. The topological polar surface area (TPSA) is 57.6 Å². The van der Waals surface area contributed by atoms with Crippen LogP contribution in [-0.4, -0.2) is 34.5 Å². The normalized spacial score (nSPS) is 27.4. The quantitative estimate of drug-likeness (QED) is 0.724. The van der Waals surface area contributed by atoms with Crippen molar-refractivity contribution in [2.45, 2.75) is 39.2 Å². The third-order valence-electron chi connectivity index (χ3n) is 2.85. The molecule has 0 aromatic carbocycles. The van der Waals surface area contributed by atoms with E-state index in [0.29, 0.717) is 25.8 Å². The largest absolute Gasteiger partial charge is 0.481 e. The van der Waals surface area contributed by atoms with Crippen LogP contribution in [0.3, 0.4) is 0 Å². The summed E-state index contributed by atoms with van der Waals surface area (Å²) in [5.41, 5.74) is 0. The molecule has 80 valence electrons. The summed E-state index contributed by atoms with van der Waals surface area (Å²) in [4.78, 5) is 24.0. The first-order valence-electron chi connectivity index (χ1n) is 5.08. The highest BCUT2D eigenvalue weighted by Gasteiger charge is 2.31. The first-order chi connectivity index (χ1) is 6.56. The minimum atomic E-state index is -0.736. The average Bonchev–Trinajstić information content (AvgIpc) is 2.16. The highest BCUT2D eigenvalue weighted by Crippen LogP contribution is 2.23. The molecule has 2 atom stereocenters. The number of amides is 1. The van der Waals surface area contributed by atoms with Crippen LogP contribution in [0.2, 0.25) is 0 Å². The number of hydrogen-bond donors (Lipinski definition) is 1. The molecule has 1 fully saturated rings. The summed E-state index contributed by atoms with van der Waals surface area (Å²) in [6.45, 7) is 4.34. The Kier molecular flexibility index (Phi) is 3.49. The van der Waals surface area contributed by atoms with E-state index in [4.69, 9.17) is 5.11 Å². The lowest BCUT2D eigenvalue weighted by Gasteiger charge is -2.36. The summed E-state index contributed by atoms with van der Waals surface area (Å²) in [5.74, 6) is -0.882. The van der Waals surface area contributed by atoms with E-state index in [1.807, 2.05) is 13.8 Å². The number of rotatable bonds is 2. The molecule has 0 aliphatic carbocycles. The predicted molar refractivity (Wildman–Crippen MR) is 51.8 cm³/mol. The van der Waals surface area contributed by atoms with E-state index in [2.05, 4.69) is 0 Å². The Bertz CT molecular complexity index is 240. The van der Waals surface area contributed by atoms with Crippen molar-refractivity contribution in [2.75, 3.05) is 6.54 Å². The summed E-state index contributed by atoms with van der Waals surface area (Å²) >= 11 is 0. The molecule has 0 aromatic heterocycles. The minimum Gasteiger partial charge on any atom is -0.481 e. The van der Waals surface area contributed by atoms with Gasteiger partial charge in [0.05, 0.1) is 5.92 Å². The van der Waals surface area contributed by atoms with Gasteiger partial charge in [0.15, 0.2) is 0 Å². The smallest absolute Gasteiger partial charge is 0.306 e. The molecular weight excluding hydrogens is 182 g/mol. The van der Waals surface area contributed by atoms with Gasteiger partial charge in [-0.15, -0.1) is 0 Å². The molecule has 0 radical (unpaired) electrons. The van der Waals surface area contributed by atoms with Gasteiger partial charge >= 0.3 is 5.97 Å². The zero-order chi connectivity index (χ0) is 10.7. The SMILES string of the molecule is CCC(=O)N1CCC(C(=O)O)CC1C. The van der Waals surface area contributed by atoms with Crippen LogP contribution in [0, 0.1) is 5.92 Å². The fourth-order valence-corrected chi connectivity index (χ4v) is 1.97. The Morgan fingerprint density at radius 2 is 2.14 bits per heavy atom. The summed E-state index contributed by atoms with van der Waals surface area (Å²) < 4.78 is 0. The number of carboxylic acid groups (broad SMARTS) is 1. The molecule has 4 heteroatoms. The number of piperidine rings is 1. The van der Waals surface area contributed by atoms with Crippen LogP contribution < -0.4 is 0 Å². The number of aliphatic carboxylic acids is 1. The Labute approximate surface area is 83.9 Å². The van der Waals surface area contributed by atoms with Gasteiger partial charge in [-0.25, -0.2) is 0 Å². The Balaban J connectivity index is 2.56. The predicted octanol–water partition coefficient (Wildman–Crippen LogP) is 1.11. The number of hydrogen-bond acceptors (Lipinski definition) is 2. The molecule has 1 aliphatic rings. The third kappa shape index (κ3) is 2.25. The van der Waals surface area contributed by atoms with E-state index in [-0.39, 0.29) is 17.9 Å². The van der Waals surface area contributed by atoms with Crippen molar-refractivity contribution >= 4 is 11.9 Å². The molecule has 0 bridgehead atoms. The first-order valence-corrected chi connectivity index (χ1v) is 5.08. The van der Waals surface area contributed by atoms with E-state index in [0.717, 1.165) is 0 Å². The molecule has 1 aliphatic heterocycles. The number of likely N-dealkylation sites (tertiary alicyclic amines) is 1. The van der Waals surface area contributed by atoms with E-state index in [9.17, 15) is 9.59 Å². The van der Waals surface area contributed by atoms with Gasteiger partial charge in [-0.2, -0.15) is 0 Å². The molecule has 2 unspecified atom stereocenters. The third-order valence-corrected chi connectivity index (χ3v) is 2.85. The maximum atomic E-state index is 11.4. The van der Waals surface area contributed by atoms with Crippen LogP contribution in [0.1, 0.15) is 33.1 Å². The van der Waals surface area contributed by atoms with Crippen LogP contribution in [0.25, 0.3) is 0 Å². The van der Waals surface area contributed by atoms with Crippen molar-refractivity contribution in [3.8, 4) is 0 Å². The van der Waals surface area contributed by atoms with Gasteiger partial charge in [0.1, 0.15) is 0 Å². The maximum absolute atomic E-state index is 11.4. The zero-order valence-corrected chi connectivity index (χ0v) is 8.69. The van der Waals surface area contributed by atoms with Crippen molar-refractivity contribution in [1.82, 2.24) is 4.90 Å². The van der Waals surface area contributed by atoms with Gasteiger partial charge in [-0.05, 0) is 19.8 Å². The summed E-state index contributed by atoms with van der Waals surface area (Å²) in [7, 11) is 0. The molecule has 1 heterocycles. The summed E-state index contributed by atoms with van der Waals surface area (Å²) in [6.07, 6.45) is 1.68. The van der Waals surface area contributed by atoms with Crippen LogP contribution >= 0.6 is 0 Å². The Hall–Kier alpha value is -1.06. The summed E-state index contributed by atoms with van der Waals surface area (Å²) in [5, 5.41) is 8.83. The molecule has 1 saturated heterocycles. The molecule has 1 rings (SSSR count). The summed E-state index contributed by atoms with van der Waals surface area (Å²) in [6, 6.07) is 0.0669. The van der Waals surface area contributed by atoms with Gasteiger partial charge in [0.25, 0.3) is 0 Å². The van der Waals surface area contributed by atoms with Crippen molar-refractivity contribution in [3.05, 3.63) is 0 Å². The van der Waals surface area contributed by atoms with Crippen molar-refractivity contribution in [2.24, 2.45) is 5.92 Å². The highest BCUT2D eigenvalue weighted by molar-refractivity contribution is 5.77. The molecule has 4 nitrogen and oxygen atoms in total. The van der Waals surface area contributed by atoms with Crippen LogP contribution in [0.5, 0.6) is 0 Å². The van der Waals surface area contributed by atoms with E-state index < -0.39 is 5.97 Å². The van der Waals surface area contributed by atoms with Gasteiger partial charge in [-0.1, -0.05) is 6.92 Å². The van der Waals surface area contributed by atoms with Crippen molar-refractivity contribution < 1.29 is 14.7 Å². The van der Waals surface area contributed by atoms with E-state index >= 15 is 0 Å². The molecule has 0 aromatic rings. The second-order valence-corrected chi connectivity index (χ2v) is 3.85. The second-order valence-electron chi connectivity index (χ2n) is 3.85. The number of nitrogens with zero attached hydrogens (tertiary/aromatic N) is 1. The van der Waals surface area contributed by atoms with Crippen LogP contribution in [0.4, 0.5) is 0 Å². The lowest BCUT2D eigenvalue weighted by atomic mass is 9.91. The van der Waals surface area contributed by atoms with Gasteiger partial charge in [-0.3, -0.25) is 9.59 Å². The Morgan fingerprint density at radius 3 is 2.57 bits per heavy atom. The molecular formula is C10H17NO3. The van der Waals surface area contributed by atoms with Crippen LogP contribution in [0.15, 0.2) is 0 Å². The fraction of sp³-hybridized carbons (Fsp3) is 0.800. The molecule has 1 amide bonds. The lowest BCUT2D eigenvalue weighted by molar-refractivity contribution is -0.147. The van der Waals surface area contributed by atoms with Gasteiger partial charge < -0.3 is 10.0 Å². The lowest BCUT2D eigenvalue weighted by Crippen LogP contribution is -2.45. The van der Waals surface area contributed by atoms with Crippen LogP contribution in [-0.2, 0) is 9.59 Å². The zero-order valence-electron chi connectivity index (χ0n) is 8.69. The fourth-order valence-electron chi connectivity index (χ4n) is 1.97. The number of carbonyl (C=O) groups is 2. The minimum absolute atomic E-state index is 0.0669. The molecule has 14 heavy (non-hydrogen) atoms. The first kappa shape index (κ1) is 11.0. The van der Waals surface area contributed by atoms with Crippen molar-refractivity contribution in [1.29, 1.82) is 0 Å². The number of carboxylic acids is 1. The molecule has 0 spiro atoms. The molecule has 0 saturated carbocycles. The molecule has 1 N–H and O–H groups in total.